The van der Waals surface area contributed by atoms with Crippen LogP contribution in [0.5, 0.6) is 5.75 Å². The highest BCUT2D eigenvalue weighted by molar-refractivity contribution is 5.47. The topological polar surface area (TPSA) is 20.2 Å². The van der Waals surface area contributed by atoms with Crippen LogP contribution in [0, 0.1) is 11.6 Å². The van der Waals surface area contributed by atoms with Gasteiger partial charge in [-0.25, -0.2) is 8.78 Å². The monoisotopic (exact) mass is 276 g/mol. The molecular weight excluding hydrogens is 258 g/mol. The van der Waals surface area contributed by atoms with E-state index in [2.05, 4.69) is 0 Å². The van der Waals surface area contributed by atoms with E-state index in [0.717, 1.165) is 30.0 Å². The van der Waals surface area contributed by atoms with Crippen molar-refractivity contribution >= 4 is 0 Å². The number of halogens is 2. The summed E-state index contributed by atoms with van der Waals surface area (Å²) in [7, 11) is 0. The van der Waals surface area contributed by atoms with Crippen LogP contribution in [0.3, 0.4) is 0 Å². The highest BCUT2D eigenvalue weighted by Gasteiger charge is 2.11. The fourth-order valence-electron chi connectivity index (χ4n) is 2.53. The van der Waals surface area contributed by atoms with Crippen molar-refractivity contribution in [2.24, 2.45) is 0 Å². The minimum atomic E-state index is -0.597. The van der Waals surface area contributed by atoms with Crippen molar-refractivity contribution in [3.63, 3.8) is 0 Å². The van der Waals surface area contributed by atoms with Gasteiger partial charge >= 0.3 is 0 Å². The van der Waals surface area contributed by atoms with Crippen LogP contribution in [-0.2, 0) is 19.3 Å². The molecule has 0 saturated heterocycles. The summed E-state index contributed by atoms with van der Waals surface area (Å²) in [6, 6.07) is 7.24. The third kappa shape index (κ3) is 2.98. The predicted octanol–water partition coefficient (Wildman–Crippen LogP) is 4.39. The van der Waals surface area contributed by atoms with Gasteiger partial charge in [0.15, 0.2) is 0 Å². The molecule has 2 aromatic carbocycles. The van der Waals surface area contributed by atoms with E-state index in [1.165, 1.54) is 12.1 Å². The second-order valence-corrected chi connectivity index (χ2v) is 4.87. The number of aromatic hydroxyl groups is 1. The van der Waals surface area contributed by atoms with Crippen LogP contribution in [0.15, 0.2) is 30.3 Å². The van der Waals surface area contributed by atoms with Crippen molar-refractivity contribution < 1.29 is 13.9 Å². The number of rotatable bonds is 4. The summed E-state index contributed by atoms with van der Waals surface area (Å²) in [5.74, 6) is -0.947. The van der Waals surface area contributed by atoms with Gasteiger partial charge < -0.3 is 5.11 Å². The largest absolute Gasteiger partial charge is 0.507 e. The molecule has 20 heavy (non-hydrogen) atoms. The molecule has 106 valence electrons. The normalized spacial score (nSPS) is 10.8. The molecule has 0 radical (unpaired) electrons. The number of hydrogen-bond acceptors (Lipinski definition) is 1. The van der Waals surface area contributed by atoms with Crippen molar-refractivity contribution in [1.29, 1.82) is 0 Å². The first-order valence-corrected chi connectivity index (χ1v) is 6.82. The first kappa shape index (κ1) is 14.5. The number of phenolic OH excluding ortho intramolecular Hbond substituents is 1. The zero-order valence-corrected chi connectivity index (χ0v) is 11.7. The van der Waals surface area contributed by atoms with Crippen LogP contribution in [0.1, 0.15) is 36.1 Å². The summed E-state index contributed by atoms with van der Waals surface area (Å²) < 4.78 is 26.4. The number of benzene rings is 2. The molecule has 0 saturated carbocycles. The van der Waals surface area contributed by atoms with Gasteiger partial charge in [-0.2, -0.15) is 0 Å². The molecule has 1 N–H and O–H groups in total. The Balaban J connectivity index is 2.38. The van der Waals surface area contributed by atoms with E-state index in [1.54, 1.807) is 0 Å². The van der Waals surface area contributed by atoms with Crippen molar-refractivity contribution in [3.05, 3.63) is 64.2 Å². The van der Waals surface area contributed by atoms with Gasteiger partial charge in [0.25, 0.3) is 0 Å². The van der Waals surface area contributed by atoms with Gasteiger partial charge in [-0.15, -0.1) is 0 Å². The zero-order valence-electron chi connectivity index (χ0n) is 11.7. The lowest BCUT2D eigenvalue weighted by Crippen LogP contribution is -1.98. The summed E-state index contributed by atoms with van der Waals surface area (Å²) in [4.78, 5) is 0. The molecule has 0 aliphatic rings. The van der Waals surface area contributed by atoms with Crippen LogP contribution in [0.4, 0.5) is 8.78 Å². The molecule has 0 amide bonds. The van der Waals surface area contributed by atoms with Crippen molar-refractivity contribution in [1.82, 2.24) is 0 Å². The van der Waals surface area contributed by atoms with E-state index >= 15 is 0 Å². The summed E-state index contributed by atoms with van der Waals surface area (Å²) in [6.45, 7) is 4.02. The van der Waals surface area contributed by atoms with E-state index in [-0.39, 0.29) is 5.75 Å². The zero-order chi connectivity index (χ0) is 14.7. The molecule has 0 atom stereocenters. The highest BCUT2D eigenvalue weighted by Crippen LogP contribution is 2.29. The van der Waals surface area contributed by atoms with E-state index in [4.69, 9.17) is 0 Å². The third-order valence-electron chi connectivity index (χ3n) is 3.51. The van der Waals surface area contributed by atoms with E-state index in [1.807, 2.05) is 26.0 Å². The molecule has 2 aromatic rings. The molecule has 2 rings (SSSR count). The molecule has 0 aromatic heterocycles. The fourth-order valence-corrected chi connectivity index (χ4v) is 2.53. The molecular formula is C17H18F2O. The Morgan fingerprint density at radius 2 is 1.50 bits per heavy atom. The fraction of sp³-hybridized carbons (Fsp3) is 0.294. The van der Waals surface area contributed by atoms with Gasteiger partial charge in [-0.1, -0.05) is 26.0 Å². The van der Waals surface area contributed by atoms with Crippen molar-refractivity contribution in [2.75, 3.05) is 0 Å². The molecule has 0 aliphatic carbocycles. The van der Waals surface area contributed by atoms with Gasteiger partial charge in [0.1, 0.15) is 17.4 Å². The van der Waals surface area contributed by atoms with Gasteiger partial charge in [-0.3, -0.25) is 0 Å². The lowest BCUT2D eigenvalue weighted by Gasteiger charge is -2.13. The van der Waals surface area contributed by atoms with E-state index < -0.39 is 11.6 Å². The van der Waals surface area contributed by atoms with Gasteiger partial charge in [0, 0.05) is 12.5 Å². The Bertz CT molecular complexity index is 600. The lowest BCUT2D eigenvalue weighted by atomic mass is 9.95. The SMILES string of the molecule is CCc1ccc(Cc2cc(F)cc(F)c2)c(O)c1CC. The lowest BCUT2D eigenvalue weighted by molar-refractivity contribution is 0.461. The van der Waals surface area contributed by atoms with Gasteiger partial charge in [0.05, 0.1) is 0 Å². The van der Waals surface area contributed by atoms with Crippen LogP contribution < -0.4 is 0 Å². The number of aryl methyl sites for hydroxylation is 1. The van der Waals surface area contributed by atoms with Crippen LogP contribution in [-0.4, -0.2) is 5.11 Å². The first-order valence-electron chi connectivity index (χ1n) is 6.82. The summed E-state index contributed by atoms with van der Waals surface area (Å²) in [5, 5.41) is 10.3. The number of hydrogen-bond donors (Lipinski definition) is 1. The Kier molecular flexibility index (Phi) is 4.38. The van der Waals surface area contributed by atoms with E-state index in [9.17, 15) is 13.9 Å². The maximum atomic E-state index is 13.2. The standard InChI is InChI=1S/C17H18F2O/c1-3-12-5-6-13(17(20)16(12)4-2)7-11-8-14(18)10-15(19)9-11/h5-6,8-10,20H,3-4,7H2,1-2H3. The second kappa shape index (κ2) is 6.04. The molecule has 0 unspecified atom stereocenters. The molecule has 0 aliphatic heterocycles. The molecule has 0 heterocycles. The Morgan fingerprint density at radius 1 is 0.900 bits per heavy atom. The Hall–Kier alpha value is -1.90. The molecule has 0 bridgehead atoms. The molecule has 1 nitrogen and oxygen atoms in total. The summed E-state index contributed by atoms with van der Waals surface area (Å²) in [5.41, 5.74) is 3.24. The van der Waals surface area contributed by atoms with Gasteiger partial charge in [0.2, 0.25) is 0 Å². The quantitative estimate of drug-likeness (QED) is 0.878. The first-order chi connectivity index (χ1) is 9.55. The van der Waals surface area contributed by atoms with Gasteiger partial charge in [-0.05, 0) is 47.2 Å². The van der Waals surface area contributed by atoms with Crippen LogP contribution in [0.25, 0.3) is 0 Å². The summed E-state index contributed by atoms with van der Waals surface area (Å²) >= 11 is 0. The van der Waals surface area contributed by atoms with Crippen molar-refractivity contribution in [3.8, 4) is 5.75 Å². The molecule has 3 heteroatoms. The minimum Gasteiger partial charge on any atom is -0.507 e. The smallest absolute Gasteiger partial charge is 0.126 e. The van der Waals surface area contributed by atoms with E-state index in [0.29, 0.717) is 17.5 Å². The average Bonchev–Trinajstić information content (AvgIpc) is 2.39. The maximum absolute atomic E-state index is 13.2. The Labute approximate surface area is 117 Å². The number of phenols is 1. The van der Waals surface area contributed by atoms with Crippen LogP contribution >= 0.6 is 0 Å². The minimum absolute atomic E-state index is 0.247. The highest BCUT2D eigenvalue weighted by atomic mass is 19.1. The predicted molar refractivity (Wildman–Crippen MR) is 76.0 cm³/mol. The third-order valence-corrected chi connectivity index (χ3v) is 3.51. The maximum Gasteiger partial charge on any atom is 0.126 e. The second-order valence-electron chi connectivity index (χ2n) is 4.87. The molecule has 0 fully saturated rings. The average molecular weight is 276 g/mol. The summed E-state index contributed by atoms with van der Waals surface area (Å²) in [6.07, 6.45) is 1.91. The van der Waals surface area contributed by atoms with Crippen LogP contribution in [0.2, 0.25) is 0 Å². The Morgan fingerprint density at radius 3 is 2.05 bits per heavy atom. The van der Waals surface area contributed by atoms with Crippen molar-refractivity contribution in [2.45, 2.75) is 33.1 Å². The molecule has 0 spiro atoms.